The number of rotatable bonds is 8. The van der Waals surface area contributed by atoms with Gasteiger partial charge in [-0.3, -0.25) is 0 Å². The summed E-state index contributed by atoms with van der Waals surface area (Å²) in [5.74, 6) is 2.43. The third-order valence-electron chi connectivity index (χ3n) is 2.01. The Morgan fingerprint density at radius 3 is 2.14 bits per heavy atom. The Hall–Kier alpha value is 0.440. The van der Waals surface area contributed by atoms with Crippen LogP contribution in [0, 0.1) is 0 Å². The Morgan fingerprint density at radius 2 is 1.71 bits per heavy atom. The van der Waals surface area contributed by atoms with Crippen molar-refractivity contribution >= 4 is 23.5 Å². The van der Waals surface area contributed by atoms with Crippen molar-refractivity contribution in [2.75, 3.05) is 11.5 Å². The average Bonchev–Trinajstić information content (AvgIpc) is 2.15. The van der Waals surface area contributed by atoms with Crippen molar-refractivity contribution in [3.63, 3.8) is 0 Å². The summed E-state index contributed by atoms with van der Waals surface area (Å²) in [5, 5.41) is 0. The molecule has 0 atom stereocenters. The summed E-state index contributed by atoms with van der Waals surface area (Å²) in [5.41, 5.74) is 1.57. The molecule has 2 heteroatoms. The molecule has 0 N–H and O–H groups in total. The van der Waals surface area contributed by atoms with Gasteiger partial charge >= 0.3 is 0 Å². The first kappa shape index (κ1) is 14.4. The Bertz CT molecular complexity index is 146. The van der Waals surface area contributed by atoms with Gasteiger partial charge in [-0.05, 0) is 31.3 Å². The van der Waals surface area contributed by atoms with E-state index in [0.717, 1.165) is 0 Å². The molecule has 0 fully saturated rings. The highest BCUT2D eigenvalue weighted by Gasteiger charge is 2.04. The lowest BCUT2D eigenvalue weighted by Crippen LogP contribution is -1.95. The van der Waals surface area contributed by atoms with Gasteiger partial charge in [0.05, 0.1) is 4.58 Å². The molecule has 0 aliphatic carbocycles. The van der Waals surface area contributed by atoms with Crippen LogP contribution in [0.15, 0.2) is 11.6 Å². The van der Waals surface area contributed by atoms with Gasteiger partial charge in [0.1, 0.15) is 0 Å². The largest absolute Gasteiger partial charge is 0.144 e. The molecule has 0 saturated heterocycles. The highest BCUT2D eigenvalue weighted by molar-refractivity contribution is 8.17. The molecular weight excluding hydrogens is 208 g/mol. The molecule has 0 spiro atoms. The molecule has 0 aromatic carbocycles. The van der Waals surface area contributed by atoms with Crippen LogP contribution in [0.5, 0.6) is 0 Å². The number of unbranched alkanes of at least 4 members (excludes halogenated alkanes) is 1. The monoisotopic (exact) mass is 232 g/mol. The molecule has 0 amide bonds. The normalized spacial score (nSPS) is 12.5. The van der Waals surface area contributed by atoms with Crippen molar-refractivity contribution < 1.29 is 0 Å². The summed E-state index contributed by atoms with van der Waals surface area (Å²) in [6.45, 7) is 9.01. The summed E-state index contributed by atoms with van der Waals surface area (Å²) in [7, 11) is 0. The lowest BCUT2D eigenvalue weighted by Gasteiger charge is -2.11. The van der Waals surface area contributed by atoms with Gasteiger partial charge in [-0.15, -0.1) is 23.5 Å². The molecule has 0 aliphatic heterocycles. The molecule has 0 aliphatic rings. The molecule has 0 rings (SSSR count). The van der Waals surface area contributed by atoms with Crippen LogP contribution in [0.1, 0.15) is 47.0 Å². The van der Waals surface area contributed by atoms with Crippen LogP contribution >= 0.6 is 23.5 Å². The average molecular weight is 232 g/mol. The third-order valence-corrected chi connectivity index (χ3v) is 4.42. The van der Waals surface area contributed by atoms with Gasteiger partial charge in [0.15, 0.2) is 0 Å². The lowest BCUT2D eigenvalue weighted by molar-refractivity contribution is 0.786. The maximum Gasteiger partial charge on any atom is 0.0684 e. The first-order valence-corrected chi connectivity index (χ1v) is 7.74. The van der Waals surface area contributed by atoms with Crippen molar-refractivity contribution in [2.24, 2.45) is 0 Å². The van der Waals surface area contributed by atoms with E-state index in [1.165, 1.54) is 30.8 Å². The van der Waals surface area contributed by atoms with Gasteiger partial charge in [0, 0.05) is 0 Å². The highest BCUT2D eigenvalue weighted by Crippen LogP contribution is 2.26. The second kappa shape index (κ2) is 9.97. The number of thioether (sulfide) groups is 2. The van der Waals surface area contributed by atoms with Gasteiger partial charge in [-0.25, -0.2) is 0 Å². The van der Waals surface area contributed by atoms with Crippen LogP contribution in [0.25, 0.3) is 0 Å². The van der Waals surface area contributed by atoms with Crippen molar-refractivity contribution in [3.05, 3.63) is 11.6 Å². The van der Waals surface area contributed by atoms with Crippen LogP contribution in [-0.2, 0) is 0 Å². The van der Waals surface area contributed by atoms with Crippen molar-refractivity contribution in [1.29, 1.82) is 0 Å². The molecule has 0 unspecified atom stereocenters. The first-order chi connectivity index (χ1) is 6.74. The maximum atomic E-state index is 2.46. The molecule has 84 valence electrons. The standard InChI is InChI=1S/C12H24S2/c1-5-8-9-11(4)10-12(13-6-2)14-7-3/h10,12H,5-9H2,1-4H3/b11-10-. The van der Waals surface area contributed by atoms with Gasteiger partial charge in [0.25, 0.3) is 0 Å². The highest BCUT2D eigenvalue weighted by atomic mass is 32.2. The predicted octanol–water partition coefficient (Wildman–Crippen LogP) is 4.96. The maximum absolute atomic E-state index is 2.46. The topological polar surface area (TPSA) is 0 Å². The van der Waals surface area contributed by atoms with E-state index < -0.39 is 0 Å². The van der Waals surface area contributed by atoms with E-state index in [9.17, 15) is 0 Å². The zero-order valence-electron chi connectivity index (χ0n) is 10.0. The van der Waals surface area contributed by atoms with E-state index in [1.54, 1.807) is 5.57 Å². The summed E-state index contributed by atoms with van der Waals surface area (Å²) in [4.78, 5) is 0. The summed E-state index contributed by atoms with van der Waals surface area (Å²) in [6, 6.07) is 0. The van der Waals surface area contributed by atoms with Crippen LogP contribution < -0.4 is 0 Å². The Balaban J connectivity index is 3.94. The molecule has 0 heterocycles. The van der Waals surface area contributed by atoms with Gasteiger partial charge < -0.3 is 0 Å². The quantitative estimate of drug-likeness (QED) is 0.429. The van der Waals surface area contributed by atoms with E-state index >= 15 is 0 Å². The zero-order valence-corrected chi connectivity index (χ0v) is 11.6. The van der Waals surface area contributed by atoms with Crippen LogP contribution in [0.4, 0.5) is 0 Å². The number of hydrogen-bond donors (Lipinski definition) is 0. The predicted molar refractivity (Wildman–Crippen MR) is 73.3 cm³/mol. The molecule has 0 bridgehead atoms. The Labute approximate surface area is 98.3 Å². The molecule has 0 nitrogen and oxygen atoms in total. The minimum atomic E-state index is 0.682. The van der Waals surface area contributed by atoms with Crippen LogP contribution in [0.3, 0.4) is 0 Å². The third kappa shape index (κ3) is 7.81. The van der Waals surface area contributed by atoms with Crippen LogP contribution in [0.2, 0.25) is 0 Å². The van der Waals surface area contributed by atoms with E-state index in [0.29, 0.717) is 4.58 Å². The van der Waals surface area contributed by atoms with Gasteiger partial charge in [-0.1, -0.05) is 38.8 Å². The molecule has 14 heavy (non-hydrogen) atoms. The summed E-state index contributed by atoms with van der Waals surface area (Å²) in [6.07, 6.45) is 6.37. The van der Waals surface area contributed by atoms with Crippen molar-refractivity contribution in [2.45, 2.75) is 51.5 Å². The molecule has 0 aromatic rings. The van der Waals surface area contributed by atoms with Gasteiger partial charge in [0.2, 0.25) is 0 Å². The minimum Gasteiger partial charge on any atom is -0.144 e. The Kier molecular flexibility index (Phi) is 10.3. The fraction of sp³-hybridized carbons (Fsp3) is 0.833. The fourth-order valence-corrected chi connectivity index (χ4v) is 3.76. The SMILES string of the molecule is CCCC/C(C)=C\C(SCC)SCC. The van der Waals surface area contributed by atoms with E-state index in [1.807, 2.05) is 23.5 Å². The van der Waals surface area contributed by atoms with Crippen LogP contribution in [-0.4, -0.2) is 16.1 Å². The number of hydrogen-bond acceptors (Lipinski definition) is 2. The molecule has 0 radical (unpaired) electrons. The van der Waals surface area contributed by atoms with E-state index in [2.05, 4.69) is 33.8 Å². The Morgan fingerprint density at radius 1 is 1.14 bits per heavy atom. The first-order valence-electron chi connectivity index (χ1n) is 5.65. The van der Waals surface area contributed by atoms with E-state index in [4.69, 9.17) is 0 Å². The zero-order chi connectivity index (χ0) is 10.8. The smallest absolute Gasteiger partial charge is 0.0684 e. The van der Waals surface area contributed by atoms with Gasteiger partial charge in [-0.2, -0.15) is 0 Å². The van der Waals surface area contributed by atoms with Crippen molar-refractivity contribution in [1.82, 2.24) is 0 Å². The van der Waals surface area contributed by atoms with Crippen molar-refractivity contribution in [3.8, 4) is 0 Å². The second-order valence-corrected chi connectivity index (χ2v) is 6.53. The van der Waals surface area contributed by atoms with E-state index in [-0.39, 0.29) is 0 Å². The number of allylic oxidation sites excluding steroid dienone is 1. The minimum absolute atomic E-state index is 0.682. The summed E-state index contributed by atoms with van der Waals surface area (Å²) >= 11 is 4.10. The molecule has 0 aromatic heterocycles. The second-order valence-electron chi connectivity index (χ2n) is 3.40. The molecule has 0 saturated carbocycles. The summed E-state index contributed by atoms with van der Waals surface area (Å²) < 4.78 is 0.682. The lowest BCUT2D eigenvalue weighted by atomic mass is 10.1. The fourth-order valence-electron chi connectivity index (χ4n) is 1.24. The molecular formula is C12H24S2.